The van der Waals surface area contributed by atoms with Crippen molar-refractivity contribution < 1.29 is 24.0 Å². The first-order chi connectivity index (χ1) is 16.7. The summed E-state index contributed by atoms with van der Waals surface area (Å²) in [4.78, 5) is 37.3. The summed E-state index contributed by atoms with van der Waals surface area (Å²) in [5.41, 5.74) is 2.52. The number of carbonyl (C=O) groups is 2. The Hall–Kier alpha value is -4.03. The van der Waals surface area contributed by atoms with Crippen molar-refractivity contribution in [3.8, 4) is 0 Å². The fraction of sp³-hybridized carbons (Fsp3) is 0.261. The SMILES string of the molecule is COCCOC(=O)C1=C(C)N(C)C(=S)NC1c1cccc(NC(=O)Nc2ccc([N+](=O)[O-])cc2)c1. The zero-order valence-electron chi connectivity index (χ0n) is 19.4. The summed E-state index contributed by atoms with van der Waals surface area (Å²) in [7, 11) is 3.27. The van der Waals surface area contributed by atoms with Crippen LogP contribution in [0.15, 0.2) is 59.8 Å². The van der Waals surface area contributed by atoms with Gasteiger partial charge in [0, 0.05) is 43.4 Å². The molecule has 0 saturated carbocycles. The van der Waals surface area contributed by atoms with E-state index in [-0.39, 0.29) is 18.9 Å². The second kappa shape index (κ2) is 11.4. The average molecular weight is 500 g/mol. The molecule has 2 amide bonds. The summed E-state index contributed by atoms with van der Waals surface area (Å²) in [6.07, 6.45) is 0. The molecule has 2 aromatic rings. The number of allylic oxidation sites excluding steroid dienone is 1. The summed E-state index contributed by atoms with van der Waals surface area (Å²) < 4.78 is 10.3. The van der Waals surface area contributed by atoms with E-state index in [1.165, 1.54) is 31.4 Å². The van der Waals surface area contributed by atoms with Gasteiger partial charge in [-0.1, -0.05) is 12.1 Å². The molecular weight excluding hydrogens is 474 g/mol. The first-order valence-corrected chi connectivity index (χ1v) is 11.0. The van der Waals surface area contributed by atoms with Crippen LogP contribution in [0.25, 0.3) is 0 Å². The Balaban J connectivity index is 1.78. The molecule has 0 fully saturated rings. The molecule has 0 bridgehead atoms. The number of esters is 1. The van der Waals surface area contributed by atoms with E-state index in [0.717, 1.165) is 0 Å². The maximum atomic E-state index is 12.9. The minimum atomic E-state index is -0.590. The predicted octanol–water partition coefficient (Wildman–Crippen LogP) is 3.56. The average Bonchev–Trinajstić information content (AvgIpc) is 2.82. The Labute approximate surface area is 207 Å². The fourth-order valence-electron chi connectivity index (χ4n) is 3.40. The number of non-ortho nitro benzene ring substituents is 1. The van der Waals surface area contributed by atoms with Gasteiger partial charge in [-0.25, -0.2) is 9.59 Å². The molecule has 12 heteroatoms. The molecule has 0 saturated heterocycles. The maximum Gasteiger partial charge on any atom is 0.338 e. The van der Waals surface area contributed by atoms with Gasteiger partial charge in [0.2, 0.25) is 0 Å². The molecule has 184 valence electrons. The third kappa shape index (κ3) is 6.31. The van der Waals surface area contributed by atoms with E-state index in [1.54, 1.807) is 43.1 Å². The van der Waals surface area contributed by atoms with Crippen molar-refractivity contribution in [3.63, 3.8) is 0 Å². The van der Waals surface area contributed by atoms with E-state index in [4.69, 9.17) is 21.7 Å². The number of nitrogens with zero attached hydrogens (tertiary/aromatic N) is 2. The lowest BCUT2D eigenvalue weighted by molar-refractivity contribution is -0.384. The number of nitro groups is 1. The molecule has 1 aliphatic heterocycles. The molecule has 0 spiro atoms. The number of ether oxygens (including phenoxy) is 2. The molecule has 3 N–H and O–H groups in total. The minimum Gasteiger partial charge on any atom is -0.460 e. The highest BCUT2D eigenvalue weighted by Gasteiger charge is 2.33. The van der Waals surface area contributed by atoms with Crippen LogP contribution in [-0.2, 0) is 14.3 Å². The Morgan fingerprint density at radius 3 is 2.49 bits per heavy atom. The molecule has 0 aromatic heterocycles. The van der Waals surface area contributed by atoms with Crippen LogP contribution in [0.1, 0.15) is 18.5 Å². The van der Waals surface area contributed by atoms with Gasteiger partial charge in [-0.15, -0.1) is 0 Å². The molecule has 3 rings (SSSR count). The van der Waals surface area contributed by atoms with Gasteiger partial charge in [-0.3, -0.25) is 10.1 Å². The number of hydrogen-bond donors (Lipinski definition) is 3. The van der Waals surface area contributed by atoms with Crippen LogP contribution >= 0.6 is 12.2 Å². The Morgan fingerprint density at radius 2 is 1.83 bits per heavy atom. The third-order valence-electron chi connectivity index (χ3n) is 5.31. The van der Waals surface area contributed by atoms with Crippen LogP contribution < -0.4 is 16.0 Å². The maximum absolute atomic E-state index is 12.9. The zero-order valence-corrected chi connectivity index (χ0v) is 20.2. The topological polar surface area (TPSA) is 135 Å². The number of nitro benzene ring substituents is 1. The molecule has 2 aromatic carbocycles. The number of thiocarbonyl (C=S) groups is 1. The lowest BCUT2D eigenvalue weighted by Crippen LogP contribution is -2.46. The molecule has 1 aliphatic rings. The lowest BCUT2D eigenvalue weighted by atomic mass is 9.95. The minimum absolute atomic E-state index is 0.0768. The van der Waals surface area contributed by atoms with Gasteiger partial charge in [0.1, 0.15) is 6.61 Å². The smallest absolute Gasteiger partial charge is 0.338 e. The zero-order chi connectivity index (χ0) is 25.5. The van der Waals surface area contributed by atoms with Crippen molar-refractivity contribution in [1.29, 1.82) is 0 Å². The largest absolute Gasteiger partial charge is 0.460 e. The monoisotopic (exact) mass is 499 g/mol. The lowest BCUT2D eigenvalue weighted by Gasteiger charge is -2.35. The first kappa shape index (κ1) is 25.6. The summed E-state index contributed by atoms with van der Waals surface area (Å²) in [5, 5.41) is 19.7. The van der Waals surface area contributed by atoms with Gasteiger partial charge in [0.15, 0.2) is 5.11 Å². The molecular formula is C23H25N5O6S. The van der Waals surface area contributed by atoms with E-state index in [2.05, 4.69) is 16.0 Å². The predicted molar refractivity (Wildman–Crippen MR) is 134 cm³/mol. The van der Waals surface area contributed by atoms with Crippen LogP contribution in [-0.4, -0.2) is 54.3 Å². The van der Waals surface area contributed by atoms with Crippen LogP contribution in [0.4, 0.5) is 21.9 Å². The van der Waals surface area contributed by atoms with E-state index in [1.807, 2.05) is 0 Å². The highest BCUT2D eigenvalue weighted by atomic mass is 32.1. The molecule has 0 aliphatic carbocycles. The number of rotatable bonds is 8. The van der Waals surface area contributed by atoms with Crippen LogP contribution in [0, 0.1) is 10.1 Å². The Morgan fingerprint density at radius 1 is 1.14 bits per heavy atom. The highest BCUT2D eigenvalue weighted by Crippen LogP contribution is 2.32. The number of hydrogen-bond acceptors (Lipinski definition) is 7. The summed E-state index contributed by atoms with van der Waals surface area (Å²) >= 11 is 5.42. The van der Waals surface area contributed by atoms with Crippen molar-refractivity contribution in [1.82, 2.24) is 10.2 Å². The second-order valence-corrected chi connectivity index (χ2v) is 7.96. The van der Waals surface area contributed by atoms with Crippen LogP contribution in [0.2, 0.25) is 0 Å². The molecule has 1 unspecified atom stereocenters. The normalized spacial score (nSPS) is 15.3. The second-order valence-electron chi connectivity index (χ2n) is 7.58. The molecule has 1 atom stereocenters. The van der Waals surface area contributed by atoms with E-state index < -0.39 is 23.0 Å². The van der Waals surface area contributed by atoms with Crippen molar-refractivity contribution in [2.24, 2.45) is 0 Å². The summed E-state index contributed by atoms with van der Waals surface area (Å²) in [6.45, 7) is 2.16. The highest BCUT2D eigenvalue weighted by molar-refractivity contribution is 7.80. The molecule has 11 nitrogen and oxygen atoms in total. The Kier molecular flexibility index (Phi) is 8.34. The number of amides is 2. The third-order valence-corrected chi connectivity index (χ3v) is 5.70. The number of nitrogens with one attached hydrogen (secondary N) is 3. The van der Waals surface area contributed by atoms with Gasteiger partial charge < -0.3 is 30.3 Å². The van der Waals surface area contributed by atoms with E-state index in [0.29, 0.717) is 33.3 Å². The fourth-order valence-corrected chi connectivity index (χ4v) is 3.66. The van der Waals surface area contributed by atoms with Gasteiger partial charge in [-0.05, 0) is 49.0 Å². The first-order valence-electron chi connectivity index (χ1n) is 10.5. The van der Waals surface area contributed by atoms with Crippen molar-refractivity contribution in [2.45, 2.75) is 13.0 Å². The molecule has 0 radical (unpaired) electrons. The van der Waals surface area contributed by atoms with Crippen molar-refractivity contribution in [3.05, 3.63) is 75.5 Å². The number of benzene rings is 2. The number of methoxy groups -OCH3 is 1. The van der Waals surface area contributed by atoms with E-state index >= 15 is 0 Å². The van der Waals surface area contributed by atoms with Crippen molar-refractivity contribution >= 4 is 46.4 Å². The quantitative estimate of drug-likeness (QED) is 0.164. The molecule has 1 heterocycles. The van der Waals surface area contributed by atoms with E-state index in [9.17, 15) is 19.7 Å². The summed E-state index contributed by atoms with van der Waals surface area (Å²) in [5.74, 6) is -0.499. The number of carbonyl (C=O) groups excluding carboxylic acids is 2. The molecule has 35 heavy (non-hydrogen) atoms. The number of urea groups is 1. The van der Waals surface area contributed by atoms with Gasteiger partial charge in [0.05, 0.1) is 23.1 Å². The number of anilines is 2. The van der Waals surface area contributed by atoms with Crippen LogP contribution in [0.3, 0.4) is 0 Å². The Bertz CT molecular complexity index is 1170. The van der Waals surface area contributed by atoms with Gasteiger partial charge in [0.25, 0.3) is 5.69 Å². The van der Waals surface area contributed by atoms with Crippen LogP contribution in [0.5, 0.6) is 0 Å². The van der Waals surface area contributed by atoms with Crippen molar-refractivity contribution in [2.75, 3.05) is 38.0 Å². The standard InChI is InChI=1S/C23H25N5O6S/c1-14-19(21(29)34-12-11-33-3)20(26-23(35)27(14)2)15-5-4-6-17(13-15)25-22(30)24-16-7-9-18(10-8-16)28(31)32/h4-10,13,20H,11-12H2,1-3H3,(H,26,35)(H2,24,25,30). The van der Waals surface area contributed by atoms with Gasteiger partial charge >= 0.3 is 12.0 Å². The summed E-state index contributed by atoms with van der Waals surface area (Å²) in [6, 6.07) is 11.3. The van der Waals surface area contributed by atoms with Gasteiger partial charge in [-0.2, -0.15) is 0 Å².